The van der Waals surface area contributed by atoms with Crippen LogP contribution in [-0.2, 0) is 33.6 Å². The number of ether oxygens (including phenoxy) is 2. The highest BCUT2D eigenvalue weighted by atomic mass is 16.5. The summed E-state index contributed by atoms with van der Waals surface area (Å²) in [4.78, 5) is 31.9. The van der Waals surface area contributed by atoms with Crippen LogP contribution < -0.4 is 4.74 Å². The van der Waals surface area contributed by atoms with Gasteiger partial charge in [-0.25, -0.2) is 0 Å². The zero-order chi connectivity index (χ0) is 25.0. The quantitative estimate of drug-likeness (QED) is 0.392. The zero-order valence-electron chi connectivity index (χ0n) is 21.5. The van der Waals surface area contributed by atoms with E-state index in [-0.39, 0.29) is 24.3 Å². The van der Waals surface area contributed by atoms with Gasteiger partial charge in [-0.1, -0.05) is 44.4 Å². The van der Waals surface area contributed by atoms with Crippen LogP contribution in [0.3, 0.4) is 0 Å². The molecule has 0 radical (unpaired) electrons. The van der Waals surface area contributed by atoms with E-state index < -0.39 is 5.92 Å². The third-order valence-electron chi connectivity index (χ3n) is 6.88. The molecule has 1 atom stereocenters. The molecule has 2 aromatic rings. The van der Waals surface area contributed by atoms with Crippen LogP contribution in [0.1, 0.15) is 69.2 Å². The summed E-state index contributed by atoms with van der Waals surface area (Å²) >= 11 is 0. The van der Waals surface area contributed by atoms with Crippen molar-refractivity contribution in [1.29, 1.82) is 0 Å². The molecule has 3 rings (SSSR count). The summed E-state index contributed by atoms with van der Waals surface area (Å²) in [6.07, 6.45) is 9.96. The van der Waals surface area contributed by atoms with Crippen LogP contribution in [0.15, 0.2) is 42.6 Å². The van der Waals surface area contributed by atoms with Crippen LogP contribution in [0.4, 0.5) is 0 Å². The minimum absolute atomic E-state index is 0.0236. The predicted octanol–water partition coefficient (Wildman–Crippen LogP) is 5.17. The lowest BCUT2D eigenvalue weighted by molar-refractivity contribution is -0.151. The van der Waals surface area contributed by atoms with Gasteiger partial charge in [0.1, 0.15) is 5.75 Å². The Labute approximate surface area is 210 Å². The highest BCUT2D eigenvalue weighted by Crippen LogP contribution is 2.24. The Kier molecular flexibility index (Phi) is 10.6. The number of hydrogen-bond acceptors (Lipinski definition) is 5. The van der Waals surface area contributed by atoms with Crippen molar-refractivity contribution >= 4 is 11.9 Å². The van der Waals surface area contributed by atoms with Gasteiger partial charge in [-0.15, -0.1) is 0 Å². The normalized spacial score (nSPS) is 14.8. The van der Waals surface area contributed by atoms with Gasteiger partial charge in [0.25, 0.3) is 0 Å². The third-order valence-corrected chi connectivity index (χ3v) is 6.88. The summed E-state index contributed by atoms with van der Waals surface area (Å²) in [5, 5.41) is 0. The van der Waals surface area contributed by atoms with Crippen LogP contribution in [-0.4, -0.2) is 48.1 Å². The summed E-state index contributed by atoms with van der Waals surface area (Å²) in [6, 6.07) is 12.2. The first-order chi connectivity index (χ1) is 17.0. The number of pyridine rings is 1. The van der Waals surface area contributed by atoms with Crippen LogP contribution in [0, 0.1) is 5.92 Å². The van der Waals surface area contributed by atoms with Gasteiger partial charge in [0.2, 0.25) is 5.91 Å². The number of aromatic nitrogens is 1. The van der Waals surface area contributed by atoms with Crippen molar-refractivity contribution in [2.24, 2.45) is 5.92 Å². The smallest absolute Gasteiger partial charge is 0.309 e. The maximum atomic E-state index is 13.0. The molecule has 1 unspecified atom stereocenters. The molecular weight excluding hydrogens is 440 g/mol. The molecule has 1 amide bonds. The molecule has 0 N–H and O–H groups in total. The average Bonchev–Trinajstić information content (AvgIpc) is 2.89. The van der Waals surface area contributed by atoms with E-state index in [1.807, 2.05) is 48.5 Å². The van der Waals surface area contributed by atoms with Gasteiger partial charge in [0.05, 0.1) is 19.1 Å². The molecule has 1 aliphatic carbocycles. The third kappa shape index (κ3) is 8.37. The number of amides is 1. The number of benzene rings is 1. The van der Waals surface area contributed by atoms with E-state index in [0.29, 0.717) is 19.6 Å². The fourth-order valence-electron chi connectivity index (χ4n) is 4.62. The number of rotatable bonds is 12. The lowest BCUT2D eigenvalue weighted by atomic mass is 9.92. The first-order valence-corrected chi connectivity index (χ1v) is 13.1. The first kappa shape index (κ1) is 26.7. The largest absolute Gasteiger partial charge is 0.493 e. The summed E-state index contributed by atoms with van der Waals surface area (Å²) < 4.78 is 11.2. The Morgan fingerprint density at radius 1 is 1.03 bits per heavy atom. The van der Waals surface area contributed by atoms with Crippen molar-refractivity contribution in [3.63, 3.8) is 0 Å². The number of carbonyl (C=O) groups excluding carboxylic acids is 2. The molecule has 0 aliphatic heterocycles. The molecule has 1 heterocycles. The molecule has 6 heteroatoms. The summed E-state index contributed by atoms with van der Waals surface area (Å²) in [5.74, 6) is 0.00689. The van der Waals surface area contributed by atoms with Gasteiger partial charge in [-0.05, 0) is 61.9 Å². The van der Waals surface area contributed by atoms with Crippen molar-refractivity contribution in [2.45, 2.75) is 77.7 Å². The Balaban J connectivity index is 1.53. The number of nitrogens with zero attached hydrogens (tertiary/aromatic N) is 2. The SMILES string of the molecule is CCOC(=O)C(CC(=O)N(C)C1CCCCC1)Cc1ccc(OCCc2ccc(CC)cn2)cc1. The lowest BCUT2D eigenvalue weighted by Crippen LogP contribution is -2.40. The average molecular weight is 481 g/mol. The number of carbonyl (C=O) groups is 2. The van der Waals surface area contributed by atoms with Crippen molar-refractivity contribution < 1.29 is 19.1 Å². The van der Waals surface area contributed by atoms with Crippen LogP contribution in [0.5, 0.6) is 5.75 Å². The molecule has 1 aromatic heterocycles. The predicted molar refractivity (Wildman–Crippen MR) is 137 cm³/mol. The minimum Gasteiger partial charge on any atom is -0.493 e. The second kappa shape index (κ2) is 13.9. The van der Waals surface area contributed by atoms with E-state index in [9.17, 15) is 9.59 Å². The summed E-state index contributed by atoms with van der Waals surface area (Å²) in [5.41, 5.74) is 3.23. The second-order valence-electron chi connectivity index (χ2n) is 9.41. The molecule has 0 saturated heterocycles. The minimum atomic E-state index is -0.488. The van der Waals surface area contributed by atoms with Crippen molar-refractivity contribution in [2.75, 3.05) is 20.3 Å². The van der Waals surface area contributed by atoms with Crippen molar-refractivity contribution in [3.8, 4) is 5.75 Å². The molecule has 0 spiro atoms. The van der Waals surface area contributed by atoms with Gasteiger partial charge in [0.15, 0.2) is 0 Å². The Morgan fingerprint density at radius 2 is 1.74 bits per heavy atom. The van der Waals surface area contributed by atoms with E-state index in [4.69, 9.17) is 9.47 Å². The molecule has 1 fully saturated rings. The molecular formula is C29H40N2O4. The zero-order valence-corrected chi connectivity index (χ0v) is 21.5. The van der Waals surface area contributed by atoms with Crippen LogP contribution in [0.25, 0.3) is 0 Å². The molecule has 35 heavy (non-hydrogen) atoms. The van der Waals surface area contributed by atoms with E-state index >= 15 is 0 Å². The molecule has 0 bridgehead atoms. The van der Waals surface area contributed by atoms with Crippen LogP contribution >= 0.6 is 0 Å². The van der Waals surface area contributed by atoms with E-state index in [0.717, 1.165) is 42.7 Å². The van der Waals surface area contributed by atoms with Crippen molar-refractivity contribution in [3.05, 3.63) is 59.4 Å². The van der Waals surface area contributed by atoms with Gasteiger partial charge in [-0.3, -0.25) is 14.6 Å². The first-order valence-electron chi connectivity index (χ1n) is 13.1. The highest BCUT2D eigenvalue weighted by molar-refractivity contribution is 5.83. The fraction of sp³-hybridized carbons (Fsp3) is 0.552. The summed E-state index contributed by atoms with van der Waals surface area (Å²) in [7, 11) is 1.88. The maximum absolute atomic E-state index is 13.0. The summed E-state index contributed by atoms with van der Waals surface area (Å²) in [6.45, 7) is 4.77. The Morgan fingerprint density at radius 3 is 2.37 bits per heavy atom. The monoisotopic (exact) mass is 480 g/mol. The number of aryl methyl sites for hydroxylation is 1. The molecule has 6 nitrogen and oxygen atoms in total. The van der Waals surface area contributed by atoms with E-state index in [1.165, 1.54) is 24.8 Å². The topological polar surface area (TPSA) is 68.7 Å². The van der Waals surface area contributed by atoms with E-state index in [2.05, 4.69) is 18.0 Å². The highest BCUT2D eigenvalue weighted by Gasteiger charge is 2.28. The van der Waals surface area contributed by atoms with Gasteiger partial charge >= 0.3 is 5.97 Å². The lowest BCUT2D eigenvalue weighted by Gasteiger charge is -2.32. The molecule has 1 saturated carbocycles. The second-order valence-corrected chi connectivity index (χ2v) is 9.41. The van der Waals surface area contributed by atoms with Gasteiger partial charge < -0.3 is 14.4 Å². The Bertz CT molecular complexity index is 921. The number of esters is 1. The molecule has 1 aliphatic rings. The standard InChI is InChI=1S/C29H40N2O4/c1-4-22-11-14-25(30-21-22)17-18-35-27-15-12-23(13-16-27)19-24(29(33)34-5-2)20-28(32)31(3)26-9-7-6-8-10-26/h11-16,21,24,26H,4-10,17-20H2,1-3H3. The van der Waals surface area contributed by atoms with Gasteiger partial charge in [-0.2, -0.15) is 0 Å². The van der Waals surface area contributed by atoms with Gasteiger partial charge in [0, 0.05) is 37.8 Å². The van der Waals surface area contributed by atoms with E-state index in [1.54, 1.807) is 6.92 Å². The number of hydrogen-bond donors (Lipinski definition) is 0. The Hall–Kier alpha value is -2.89. The van der Waals surface area contributed by atoms with Crippen LogP contribution in [0.2, 0.25) is 0 Å². The fourth-order valence-corrected chi connectivity index (χ4v) is 4.62. The van der Waals surface area contributed by atoms with Crippen molar-refractivity contribution in [1.82, 2.24) is 9.88 Å². The maximum Gasteiger partial charge on any atom is 0.309 e. The molecule has 190 valence electrons. The molecule has 1 aromatic carbocycles.